The summed E-state index contributed by atoms with van der Waals surface area (Å²) in [5.74, 6) is -0.135. The number of hydrogen-bond donors (Lipinski definition) is 0. The van der Waals surface area contributed by atoms with Crippen molar-refractivity contribution in [3.63, 3.8) is 0 Å². The highest BCUT2D eigenvalue weighted by atomic mass is 127. The molecule has 1 rings (SSSR count). The van der Waals surface area contributed by atoms with Crippen molar-refractivity contribution in [3.8, 4) is 0 Å². The summed E-state index contributed by atoms with van der Waals surface area (Å²) in [6.45, 7) is 2.27. The van der Waals surface area contributed by atoms with Crippen molar-refractivity contribution < 1.29 is 9.53 Å². The van der Waals surface area contributed by atoms with E-state index in [1.54, 1.807) is 0 Å². The number of benzene rings is 1. The van der Waals surface area contributed by atoms with Crippen molar-refractivity contribution in [1.29, 1.82) is 0 Å². The Kier molecular flexibility index (Phi) is 5.60. The van der Waals surface area contributed by atoms with Crippen LogP contribution in [0.4, 0.5) is 0 Å². The summed E-state index contributed by atoms with van der Waals surface area (Å²) in [5, 5.41) is 0. The third-order valence-electron chi connectivity index (χ3n) is 1.95. The standard InChI is InChI=1S/C11H12BrIO2/c1-2-15-11(14)7-6-8-9(12)4-3-5-10(8)13/h3-5H,2,6-7H2,1H3. The Labute approximate surface area is 112 Å². The highest BCUT2D eigenvalue weighted by molar-refractivity contribution is 14.1. The van der Waals surface area contributed by atoms with Gasteiger partial charge in [0, 0.05) is 14.5 Å². The molecule has 0 heterocycles. The van der Waals surface area contributed by atoms with E-state index < -0.39 is 0 Å². The Hall–Kier alpha value is -0.100. The molecule has 0 spiro atoms. The van der Waals surface area contributed by atoms with Gasteiger partial charge in [-0.2, -0.15) is 0 Å². The van der Waals surface area contributed by atoms with Crippen LogP contribution in [0.1, 0.15) is 18.9 Å². The van der Waals surface area contributed by atoms with E-state index in [2.05, 4.69) is 38.5 Å². The first-order valence-electron chi connectivity index (χ1n) is 4.73. The van der Waals surface area contributed by atoms with Crippen molar-refractivity contribution >= 4 is 44.5 Å². The van der Waals surface area contributed by atoms with Crippen LogP contribution < -0.4 is 0 Å². The second-order valence-corrected chi connectivity index (χ2v) is 5.02. The van der Waals surface area contributed by atoms with Gasteiger partial charge in [0.2, 0.25) is 0 Å². The van der Waals surface area contributed by atoms with Gasteiger partial charge in [-0.25, -0.2) is 0 Å². The molecule has 0 unspecified atom stereocenters. The molecule has 1 aromatic carbocycles. The molecule has 0 aliphatic rings. The average molecular weight is 383 g/mol. The lowest BCUT2D eigenvalue weighted by molar-refractivity contribution is -0.143. The molecular weight excluding hydrogens is 371 g/mol. The number of ether oxygens (including phenoxy) is 1. The zero-order valence-electron chi connectivity index (χ0n) is 8.43. The van der Waals surface area contributed by atoms with Crippen LogP contribution in [0.15, 0.2) is 22.7 Å². The van der Waals surface area contributed by atoms with Gasteiger partial charge < -0.3 is 4.74 Å². The van der Waals surface area contributed by atoms with E-state index in [9.17, 15) is 4.79 Å². The van der Waals surface area contributed by atoms with Gasteiger partial charge in [0.25, 0.3) is 0 Å². The minimum Gasteiger partial charge on any atom is -0.466 e. The molecule has 1 aromatic rings. The van der Waals surface area contributed by atoms with Crippen molar-refractivity contribution in [2.24, 2.45) is 0 Å². The molecule has 15 heavy (non-hydrogen) atoms. The minimum absolute atomic E-state index is 0.135. The van der Waals surface area contributed by atoms with Gasteiger partial charge in [0.05, 0.1) is 6.61 Å². The number of rotatable bonds is 4. The van der Waals surface area contributed by atoms with Crippen LogP contribution in [0.25, 0.3) is 0 Å². The highest BCUT2D eigenvalue weighted by Crippen LogP contribution is 2.23. The lowest BCUT2D eigenvalue weighted by Crippen LogP contribution is -2.06. The molecule has 0 bridgehead atoms. The number of halogens is 2. The number of esters is 1. The summed E-state index contributed by atoms with van der Waals surface area (Å²) in [7, 11) is 0. The Morgan fingerprint density at radius 2 is 2.27 bits per heavy atom. The lowest BCUT2D eigenvalue weighted by atomic mass is 10.1. The van der Waals surface area contributed by atoms with Gasteiger partial charge in [-0.05, 0) is 53.6 Å². The smallest absolute Gasteiger partial charge is 0.306 e. The maximum Gasteiger partial charge on any atom is 0.306 e. The molecule has 0 aliphatic carbocycles. The van der Waals surface area contributed by atoms with Crippen molar-refractivity contribution in [3.05, 3.63) is 31.8 Å². The van der Waals surface area contributed by atoms with Crippen molar-refractivity contribution in [1.82, 2.24) is 0 Å². The number of hydrogen-bond acceptors (Lipinski definition) is 2. The molecule has 0 saturated carbocycles. The number of carbonyl (C=O) groups is 1. The monoisotopic (exact) mass is 382 g/mol. The van der Waals surface area contributed by atoms with Crippen molar-refractivity contribution in [2.45, 2.75) is 19.8 Å². The van der Waals surface area contributed by atoms with E-state index in [0.29, 0.717) is 13.0 Å². The summed E-state index contributed by atoms with van der Waals surface area (Å²) in [6, 6.07) is 6.01. The minimum atomic E-state index is -0.135. The summed E-state index contributed by atoms with van der Waals surface area (Å²) < 4.78 is 7.11. The van der Waals surface area contributed by atoms with E-state index in [0.717, 1.165) is 10.9 Å². The van der Waals surface area contributed by atoms with Gasteiger partial charge in [-0.1, -0.05) is 22.0 Å². The summed E-state index contributed by atoms with van der Waals surface area (Å²) >= 11 is 5.75. The van der Waals surface area contributed by atoms with E-state index in [4.69, 9.17) is 4.74 Å². The van der Waals surface area contributed by atoms with Crippen LogP contribution in [0.2, 0.25) is 0 Å². The predicted octanol–water partition coefficient (Wildman–Crippen LogP) is 3.55. The first kappa shape index (κ1) is 13.0. The van der Waals surface area contributed by atoms with Gasteiger partial charge in [-0.3, -0.25) is 4.79 Å². The second-order valence-electron chi connectivity index (χ2n) is 3.01. The van der Waals surface area contributed by atoms with Crippen LogP contribution >= 0.6 is 38.5 Å². The van der Waals surface area contributed by atoms with Crippen LogP contribution in [0.5, 0.6) is 0 Å². The molecule has 0 aromatic heterocycles. The second kappa shape index (κ2) is 6.48. The van der Waals surface area contributed by atoms with E-state index in [1.807, 2.05) is 25.1 Å². The summed E-state index contributed by atoms with van der Waals surface area (Å²) in [6.07, 6.45) is 1.16. The fourth-order valence-electron chi connectivity index (χ4n) is 1.23. The molecule has 82 valence electrons. The fraction of sp³-hybridized carbons (Fsp3) is 0.364. The maximum absolute atomic E-state index is 11.2. The van der Waals surface area contributed by atoms with Crippen LogP contribution in [0.3, 0.4) is 0 Å². The quantitative estimate of drug-likeness (QED) is 0.588. The van der Waals surface area contributed by atoms with Crippen LogP contribution in [-0.2, 0) is 16.0 Å². The van der Waals surface area contributed by atoms with Crippen LogP contribution in [0, 0.1) is 3.57 Å². The first-order valence-corrected chi connectivity index (χ1v) is 6.60. The third kappa shape index (κ3) is 4.10. The van der Waals surface area contributed by atoms with Gasteiger partial charge >= 0.3 is 5.97 Å². The number of carbonyl (C=O) groups excluding carboxylic acids is 1. The molecule has 0 aliphatic heterocycles. The Morgan fingerprint density at radius 3 is 2.87 bits per heavy atom. The average Bonchev–Trinajstić information content (AvgIpc) is 2.17. The molecular formula is C11H12BrIO2. The summed E-state index contributed by atoms with van der Waals surface area (Å²) in [4.78, 5) is 11.2. The molecule has 0 saturated heterocycles. The molecule has 0 fully saturated rings. The highest BCUT2D eigenvalue weighted by Gasteiger charge is 2.08. The molecule has 0 radical (unpaired) electrons. The Balaban J connectivity index is 2.61. The zero-order chi connectivity index (χ0) is 11.3. The van der Waals surface area contributed by atoms with Gasteiger partial charge in [0.15, 0.2) is 0 Å². The fourth-order valence-corrected chi connectivity index (χ4v) is 2.93. The predicted molar refractivity (Wildman–Crippen MR) is 71.8 cm³/mol. The SMILES string of the molecule is CCOC(=O)CCc1c(Br)cccc1I. The third-order valence-corrected chi connectivity index (χ3v) is 3.70. The molecule has 0 atom stereocenters. The van der Waals surface area contributed by atoms with E-state index in [1.165, 1.54) is 9.13 Å². The maximum atomic E-state index is 11.2. The normalized spacial score (nSPS) is 10.1. The summed E-state index contributed by atoms with van der Waals surface area (Å²) in [5.41, 5.74) is 1.17. The largest absolute Gasteiger partial charge is 0.466 e. The Morgan fingerprint density at radius 1 is 1.53 bits per heavy atom. The molecule has 0 amide bonds. The van der Waals surface area contributed by atoms with Gasteiger partial charge in [-0.15, -0.1) is 0 Å². The topological polar surface area (TPSA) is 26.3 Å². The first-order chi connectivity index (χ1) is 7.15. The molecule has 2 nitrogen and oxygen atoms in total. The van der Waals surface area contributed by atoms with E-state index >= 15 is 0 Å². The van der Waals surface area contributed by atoms with Crippen LogP contribution in [-0.4, -0.2) is 12.6 Å². The molecule has 0 N–H and O–H groups in total. The lowest BCUT2D eigenvalue weighted by Gasteiger charge is -2.06. The zero-order valence-corrected chi connectivity index (χ0v) is 12.2. The van der Waals surface area contributed by atoms with Gasteiger partial charge in [0.1, 0.15) is 0 Å². The Bertz CT molecular complexity index is 332. The van der Waals surface area contributed by atoms with E-state index in [-0.39, 0.29) is 5.97 Å². The molecule has 4 heteroatoms. The van der Waals surface area contributed by atoms with Crippen molar-refractivity contribution in [2.75, 3.05) is 6.61 Å².